The Kier molecular flexibility index (Phi) is 10.0. The SMILES string of the molecule is O=[P@@]1(c2ccccc2)O[C@H](COCc2ccccc2)[C@@H](OCc2ccccc2)[C@H](OCc2ccccc2)[C@@H]1I. The third kappa shape index (κ3) is 7.26. The minimum Gasteiger partial charge on any atom is -0.374 e. The lowest BCUT2D eigenvalue weighted by molar-refractivity contribution is -0.145. The molecule has 5 rings (SSSR count). The van der Waals surface area contributed by atoms with Gasteiger partial charge in [0.25, 0.3) is 0 Å². The normalized spacial score (nSPS) is 24.8. The van der Waals surface area contributed by atoms with Gasteiger partial charge in [0.1, 0.15) is 22.0 Å². The molecule has 4 aromatic rings. The maximum Gasteiger partial charge on any atom is 0.247 e. The van der Waals surface area contributed by atoms with E-state index in [0.717, 1.165) is 16.7 Å². The third-order valence-electron chi connectivity index (χ3n) is 6.66. The fraction of sp³-hybridized carbons (Fsp3) is 0.250. The van der Waals surface area contributed by atoms with E-state index in [4.69, 9.17) is 18.7 Å². The predicted molar refractivity (Wildman–Crippen MR) is 162 cm³/mol. The van der Waals surface area contributed by atoms with E-state index in [-0.39, 0.29) is 6.61 Å². The van der Waals surface area contributed by atoms with Crippen LogP contribution in [0.3, 0.4) is 0 Å². The summed E-state index contributed by atoms with van der Waals surface area (Å²) in [6.07, 6.45) is -1.56. The Hall–Kier alpha value is -2.32. The summed E-state index contributed by atoms with van der Waals surface area (Å²) in [5, 5.41) is 0.673. The van der Waals surface area contributed by atoms with E-state index in [9.17, 15) is 4.57 Å². The second kappa shape index (κ2) is 13.8. The summed E-state index contributed by atoms with van der Waals surface area (Å²) in [4.78, 5) is 0. The lowest BCUT2D eigenvalue weighted by atomic mass is 10.1. The van der Waals surface area contributed by atoms with Gasteiger partial charge in [0.05, 0.1) is 26.4 Å². The summed E-state index contributed by atoms with van der Waals surface area (Å²) >= 11 is 2.24. The number of hydrogen-bond acceptors (Lipinski definition) is 5. The molecule has 0 amide bonds. The van der Waals surface area contributed by atoms with Crippen molar-refractivity contribution in [2.75, 3.05) is 6.61 Å². The molecule has 1 aliphatic rings. The molecule has 0 bridgehead atoms. The van der Waals surface area contributed by atoms with Gasteiger partial charge in [-0.1, -0.05) is 132 Å². The van der Waals surface area contributed by atoms with E-state index in [2.05, 4.69) is 22.6 Å². The standard InChI is InChI=1S/C32H32IO5P/c33-32-31(37-23-27-17-9-3-10-18-27)30(36-22-26-15-7-2-8-16-26)29(24-35-21-25-13-5-1-6-14-25)38-39(32,34)28-19-11-4-12-20-28/h1-20,29-32H,21-24H2/t29-,30-,31+,32-,39+/m1/s1. The molecular formula is C32H32IO5P. The molecule has 0 radical (unpaired) electrons. The molecule has 0 saturated carbocycles. The summed E-state index contributed by atoms with van der Waals surface area (Å²) < 4.78 is 39.9. The highest BCUT2D eigenvalue weighted by atomic mass is 127. The van der Waals surface area contributed by atoms with Crippen LogP contribution in [-0.4, -0.2) is 28.6 Å². The molecule has 1 fully saturated rings. The molecule has 4 aromatic carbocycles. The number of benzene rings is 4. The molecule has 0 aromatic heterocycles. The highest BCUT2D eigenvalue weighted by molar-refractivity contribution is 14.1. The van der Waals surface area contributed by atoms with Crippen LogP contribution in [0.1, 0.15) is 16.7 Å². The summed E-state index contributed by atoms with van der Waals surface area (Å²) in [6.45, 7) is 1.40. The Bertz CT molecular complexity index is 1320. The van der Waals surface area contributed by atoms with Crippen LogP contribution in [0.5, 0.6) is 0 Å². The van der Waals surface area contributed by atoms with Crippen LogP contribution in [0.25, 0.3) is 0 Å². The fourth-order valence-corrected chi connectivity index (χ4v) is 8.93. The van der Waals surface area contributed by atoms with Gasteiger partial charge >= 0.3 is 0 Å². The highest BCUT2D eigenvalue weighted by Crippen LogP contribution is 2.60. The van der Waals surface area contributed by atoms with Crippen molar-refractivity contribution < 1.29 is 23.3 Å². The zero-order valence-electron chi connectivity index (χ0n) is 21.6. The van der Waals surface area contributed by atoms with Crippen molar-refractivity contribution in [3.05, 3.63) is 138 Å². The summed E-state index contributed by atoms with van der Waals surface area (Å²) in [5.41, 5.74) is 3.15. The van der Waals surface area contributed by atoms with Gasteiger partial charge in [0.15, 0.2) is 0 Å². The summed E-state index contributed by atoms with van der Waals surface area (Å²) in [5.74, 6) is 0. The molecule has 0 unspecified atom stereocenters. The Morgan fingerprint density at radius 1 is 0.615 bits per heavy atom. The van der Waals surface area contributed by atoms with Gasteiger partial charge in [-0.2, -0.15) is 0 Å². The first-order valence-corrected chi connectivity index (χ1v) is 16.0. The topological polar surface area (TPSA) is 54.0 Å². The van der Waals surface area contributed by atoms with E-state index in [0.29, 0.717) is 25.1 Å². The molecule has 5 nitrogen and oxygen atoms in total. The van der Waals surface area contributed by atoms with Crippen LogP contribution in [0.2, 0.25) is 0 Å². The first-order chi connectivity index (χ1) is 19.1. The molecule has 1 heterocycles. The lowest BCUT2D eigenvalue weighted by Crippen LogP contribution is -2.53. The summed E-state index contributed by atoms with van der Waals surface area (Å²) in [6, 6.07) is 39.5. The van der Waals surface area contributed by atoms with Gasteiger partial charge in [0, 0.05) is 5.30 Å². The second-order valence-electron chi connectivity index (χ2n) is 9.47. The van der Waals surface area contributed by atoms with Gasteiger partial charge in [-0.05, 0) is 28.8 Å². The van der Waals surface area contributed by atoms with Crippen molar-refractivity contribution in [2.45, 2.75) is 41.8 Å². The first-order valence-electron chi connectivity index (χ1n) is 13.0. The molecule has 0 spiro atoms. The molecule has 1 aliphatic heterocycles. The van der Waals surface area contributed by atoms with E-state index >= 15 is 0 Å². The van der Waals surface area contributed by atoms with Crippen LogP contribution in [0.4, 0.5) is 0 Å². The van der Waals surface area contributed by atoms with E-state index < -0.39 is 29.3 Å². The second-order valence-corrected chi connectivity index (χ2v) is 14.3. The van der Waals surface area contributed by atoms with Crippen molar-refractivity contribution in [1.29, 1.82) is 0 Å². The van der Waals surface area contributed by atoms with E-state index in [1.165, 1.54) is 0 Å². The number of alkyl halides is 1. The lowest BCUT2D eigenvalue weighted by Gasteiger charge is -2.44. The minimum absolute atomic E-state index is 0.222. The van der Waals surface area contributed by atoms with Crippen LogP contribution >= 0.6 is 30.0 Å². The zero-order chi connectivity index (χ0) is 26.9. The van der Waals surface area contributed by atoms with Gasteiger partial charge < -0.3 is 18.7 Å². The van der Waals surface area contributed by atoms with Crippen molar-refractivity contribution in [2.24, 2.45) is 0 Å². The van der Waals surface area contributed by atoms with Crippen molar-refractivity contribution >= 4 is 35.3 Å². The maximum absolute atomic E-state index is 14.6. The average molecular weight is 654 g/mol. The van der Waals surface area contributed by atoms with Crippen molar-refractivity contribution in [3.63, 3.8) is 0 Å². The quantitative estimate of drug-likeness (QED) is 0.0979. The van der Waals surface area contributed by atoms with Gasteiger partial charge in [0.2, 0.25) is 7.37 Å². The number of hydrogen-bond donors (Lipinski definition) is 0. The molecule has 39 heavy (non-hydrogen) atoms. The molecule has 1 saturated heterocycles. The molecular weight excluding hydrogens is 622 g/mol. The Morgan fingerprint density at radius 3 is 1.56 bits per heavy atom. The average Bonchev–Trinajstić information content (AvgIpc) is 2.99. The van der Waals surface area contributed by atoms with Crippen LogP contribution in [0, 0.1) is 0 Å². The van der Waals surface area contributed by atoms with Gasteiger partial charge in [-0.15, -0.1) is 0 Å². The van der Waals surface area contributed by atoms with Crippen LogP contribution in [-0.2, 0) is 43.1 Å². The molecule has 0 aliphatic carbocycles. The van der Waals surface area contributed by atoms with Crippen LogP contribution in [0.15, 0.2) is 121 Å². The molecule has 0 N–H and O–H groups in total. The van der Waals surface area contributed by atoms with Gasteiger partial charge in [-0.25, -0.2) is 0 Å². The smallest absolute Gasteiger partial charge is 0.247 e. The maximum atomic E-state index is 14.6. The Morgan fingerprint density at radius 2 is 1.05 bits per heavy atom. The van der Waals surface area contributed by atoms with Crippen molar-refractivity contribution in [1.82, 2.24) is 0 Å². The van der Waals surface area contributed by atoms with E-state index in [1.54, 1.807) is 0 Å². The van der Waals surface area contributed by atoms with E-state index in [1.807, 2.05) is 121 Å². The number of rotatable bonds is 11. The Labute approximate surface area is 244 Å². The minimum atomic E-state index is -3.33. The monoisotopic (exact) mass is 654 g/mol. The van der Waals surface area contributed by atoms with Crippen molar-refractivity contribution in [3.8, 4) is 0 Å². The third-order valence-corrected chi connectivity index (χ3v) is 12.1. The molecule has 202 valence electrons. The first kappa shape index (κ1) is 28.2. The van der Waals surface area contributed by atoms with Gasteiger partial charge in [-0.3, -0.25) is 4.57 Å². The number of ether oxygens (including phenoxy) is 3. The highest BCUT2D eigenvalue weighted by Gasteiger charge is 2.53. The molecule has 7 heteroatoms. The predicted octanol–water partition coefficient (Wildman–Crippen LogP) is 7.14. The largest absolute Gasteiger partial charge is 0.374 e. The molecule has 5 atom stereocenters. The number of halogens is 1. The van der Waals surface area contributed by atoms with Crippen LogP contribution < -0.4 is 5.30 Å². The Balaban J connectivity index is 1.43. The summed E-state index contributed by atoms with van der Waals surface area (Å²) in [7, 11) is -3.33. The fourth-order valence-electron chi connectivity index (χ4n) is 4.62. The zero-order valence-corrected chi connectivity index (χ0v) is 24.6.